The van der Waals surface area contributed by atoms with Crippen LogP contribution in [0.1, 0.15) is 68.9 Å². The van der Waals surface area contributed by atoms with E-state index in [1.165, 1.54) is 37.1 Å². The average molecular weight is 468 g/mol. The van der Waals surface area contributed by atoms with Gasteiger partial charge in [0, 0.05) is 10.9 Å². The van der Waals surface area contributed by atoms with Gasteiger partial charge in [0.2, 0.25) is 5.82 Å². The number of aromatic nitrogens is 5. The minimum Gasteiger partial charge on any atom is -0.497 e. The molecule has 0 radical (unpaired) electrons. The highest BCUT2D eigenvalue weighted by atomic mass is 16.5. The van der Waals surface area contributed by atoms with Crippen LogP contribution in [0.3, 0.4) is 0 Å². The highest BCUT2D eigenvalue weighted by Crippen LogP contribution is 2.30. The van der Waals surface area contributed by atoms with Crippen molar-refractivity contribution >= 4 is 10.9 Å². The lowest BCUT2D eigenvalue weighted by molar-refractivity contribution is -1.02. The third-order valence-corrected chi connectivity index (χ3v) is 7.70. The topological polar surface area (TPSA) is 94.6 Å². The quantitative estimate of drug-likeness (QED) is 0.465. The fourth-order valence-electron chi connectivity index (χ4n) is 5.88. The fourth-order valence-corrected chi connectivity index (χ4v) is 5.88. The Labute approximate surface area is 200 Å². The zero-order chi connectivity index (χ0) is 23.5. The van der Waals surface area contributed by atoms with Crippen LogP contribution >= 0.6 is 0 Å². The number of nitrogens with zero attached hydrogens (tertiary/aromatic N) is 4. The highest BCUT2D eigenvalue weighted by Gasteiger charge is 2.38. The number of quaternary nitrogens is 2. The Hall–Kier alpha value is -2.78. The monoisotopic (exact) mass is 467 g/mol. The number of tetrazole rings is 1. The van der Waals surface area contributed by atoms with E-state index >= 15 is 0 Å². The lowest BCUT2D eigenvalue weighted by Crippen LogP contribution is -3.28. The van der Waals surface area contributed by atoms with E-state index in [1.54, 1.807) is 12.0 Å². The Morgan fingerprint density at radius 1 is 1.15 bits per heavy atom. The number of fused-ring (bicyclic) bond motifs is 1. The van der Waals surface area contributed by atoms with Gasteiger partial charge in [-0.15, -0.1) is 5.10 Å². The Bertz CT molecular complexity index is 1160. The molecule has 0 unspecified atom stereocenters. The van der Waals surface area contributed by atoms with Crippen molar-refractivity contribution in [2.75, 3.05) is 39.8 Å². The van der Waals surface area contributed by atoms with Gasteiger partial charge < -0.3 is 19.5 Å². The van der Waals surface area contributed by atoms with Crippen LogP contribution in [0.2, 0.25) is 0 Å². The molecule has 2 aromatic heterocycles. The second-order valence-electron chi connectivity index (χ2n) is 9.87. The normalized spacial score (nSPS) is 22.6. The maximum absolute atomic E-state index is 13.4. The van der Waals surface area contributed by atoms with E-state index in [9.17, 15) is 4.79 Å². The zero-order valence-electron chi connectivity index (χ0n) is 20.3. The van der Waals surface area contributed by atoms with Crippen LogP contribution in [-0.2, 0) is 0 Å². The first-order chi connectivity index (χ1) is 16.7. The Morgan fingerprint density at radius 2 is 1.94 bits per heavy atom. The van der Waals surface area contributed by atoms with Crippen LogP contribution in [0, 0.1) is 0 Å². The molecule has 1 saturated heterocycles. The zero-order valence-corrected chi connectivity index (χ0v) is 20.3. The third kappa shape index (κ3) is 4.59. The van der Waals surface area contributed by atoms with Gasteiger partial charge in [-0.3, -0.25) is 4.79 Å². The fraction of sp³-hybridized carbons (Fsp3) is 0.600. The van der Waals surface area contributed by atoms with Crippen molar-refractivity contribution in [2.24, 2.45) is 0 Å². The molecule has 9 heteroatoms. The summed E-state index contributed by atoms with van der Waals surface area (Å²) in [6, 6.07) is 7.90. The molecule has 0 bridgehead atoms. The first kappa shape index (κ1) is 23.0. The summed E-state index contributed by atoms with van der Waals surface area (Å²) in [6.45, 7) is 7.64. The molecule has 5 rings (SSSR count). The molecule has 3 heterocycles. The molecule has 0 spiro atoms. The van der Waals surface area contributed by atoms with E-state index in [0.717, 1.165) is 67.1 Å². The van der Waals surface area contributed by atoms with Gasteiger partial charge in [0.25, 0.3) is 5.56 Å². The molecule has 1 aliphatic carbocycles. The van der Waals surface area contributed by atoms with E-state index in [1.807, 2.05) is 28.9 Å². The van der Waals surface area contributed by atoms with Gasteiger partial charge in [-0.2, -0.15) is 0 Å². The number of hydrogen-bond donors (Lipinski definition) is 3. The Morgan fingerprint density at radius 3 is 2.68 bits per heavy atom. The molecule has 3 N–H and O–H groups in total. The van der Waals surface area contributed by atoms with E-state index in [4.69, 9.17) is 4.74 Å². The number of nitrogens with one attached hydrogen (secondary N) is 3. The smallest absolute Gasteiger partial charge is 0.258 e. The van der Waals surface area contributed by atoms with E-state index in [0.29, 0.717) is 6.04 Å². The van der Waals surface area contributed by atoms with Crippen molar-refractivity contribution in [1.82, 2.24) is 25.2 Å². The van der Waals surface area contributed by atoms with Gasteiger partial charge in [0.15, 0.2) is 6.04 Å². The first-order valence-electron chi connectivity index (χ1n) is 12.8. The summed E-state index contributed by atoms with van der Waals surface area (Å²) in [4.78, 5) is 19.6. The van der Waals surface area contributed by atoms with Gasteiger partial charge in [0.1, 0.15) is 31.9 Å². The number of pyridine rings is 1. The minimum atomic E-state index is -0.195. The Kier molecular flexibility index (Phi) is 6.92. The molecule has 1 saturated carbocycles. The summed E-state index contributed by atoms with van der Waals surface area (Å²) in [5, 5.41) is 14.1. The van der Waals surface area contributed by atoms with Gasteiger partial charge in [-0.1, -0.05) is 26.2 Å². The summed E-state index contributed by atoms with van der Waals surface area (Å²) in [6.07, 6.45) is 7.07. The van der Waals surface area contributed by atoms with Crippen molar-refractivity contribution < 1.29 is 14.5 Å². The molecular weight excluding hydrogens is 430 g/mol. The number of rotatable bonds is 7. The van der Waals surface area contributed by atoms with Gasteiger partial charge in [-0.25, -0.2) is 4.68 Å². The van der Waals surface area contributed by atoms with E-state index < -0.39 is 0 Å². The molecule has 1 atom stereocenters. The lowest BCUT2D eigenvalue weighted by Gasteiger charge is -2.34. The number of aromatic amines is 1. The highest BCUT2D eigenvalue weighted by molar-refractivity contribution is 5.80. The molecule has 0 amide bonds. The molecule has 2 aliphatic rings. The number of methoxy groups -OCH3 is 1. The molecule has 34 heavy (non-hydrogen) atoms. The number of H-pyrrole nitrogens is 1. The van der Waals surface area contributed by atoms with Crippen LogP contribution in [0.25, 0.3) is 10.9 Å². The predicted molar refractivity (Wildman–Crippen MR) is 129 cm³/mol. The molecule has 2 fully saturated rings. The van der Waals surface area contributed by atoms with Gasteiger partial charge >= 0.3 is 0 Å². The van der Waals surface area contributed by atoms with Crippen molar-refractivity contribution in [3.05, 3.63) is 46.0 Å². The second-order valence-corrected chi connectivity index (χ2v) is 9.87. The van der Waals surface area contributed by atoms with E-state index in [2.05, 4.69) is 27.4 Å². The summed E-state index contributed by atoms with van der Waals surface area (Å²) in [7, 11) is 1.66. The van der Waals surface area contributed by atoms with E-state index in [-0.39, 0.29) is 11.6 Å². The predicted octanol–water partition coefficient (Wildman–Crippen LogP) is 0.311. The maximum Gasteiger partial charge on any atom is 0.258 e. The standard InChI is InChI=1S/C25H35N7O2/c1-3-11-30-12-14-31(15-13-30)23(24-27-28-29-32(24)19-7-5-4-6-8-19)21-17-18-16-20(34-2)9-10-22(18)26-25(21)33/h9-10,16-17,19,23H,3-8,11-15H2,1-2H3,(H,26,33)/p+2/t23-/m1/s1. The average Bonchev–Trinajstić information content (AvgIpc) is 3.35. The second kappa shape index (κ2) is 10.2. The summed E-state index contributed by atoms with van der Waals surface area (Å²) in [5.74, 6) is 1.60. The van der Waals surface area contributed by atoms with Crippen LogP contribution in [0.5, 0.6) is 5.75 Å². The van der Waals surface area contributed by atoms with Crippen molar-refractivity contribution in [2.45, 2.75) is 57.5 Å². The number of hydrogen-bond acceptors (Lipinski definition) is 5. The summed E-state index contributed by atoms with van der Waals surface area (Å²) in [5.41, 5.74) is 1.49. The summed E-state index contributed by atoms with van der Waals surface area (Å²) >= 11 is 0. The third-order valence-electron chi connectivity index (χ3n) is 7.70. The molecule has 3 aromatic rings. The molecule has 1 aromatic carbocycles. The lowest BCUT2D eigenvalue weighted by atomic mass is 9.95. The molecule has 9 nitrogen and oxygen atoms in total. The first-order valence-corrected chi connectivity index (χ1v) is 12.8. The largest absolute Gasteiger partial charge is 0.497 e. The van der Waals surface area contributed by atoms with Gasteiger partial charge in [-0.05, 0) is 54.0 Å². The summed E-state index contributed by atoms with van der Waals surface area (Å²) < 4.78 is 7.48. The number of benzene rings is 1. The minimum absolute atomic E-state index is 0.0586. The van der Waals surface area contributed by atoms with Crippen LogP contribution in [0.4, 0.5) is 0 Å². The van der Waals surface area contributed by atoms with Crippen LogP contribution < -0.4 is 20.1 Å². The number of piperazine rings is 1. The molecular formula is C25H37N7O2+2. The Balaban J connectivity index is 1.58. The van der Waals surface area contributed by atoms with Crippen molar-refractivity contribution in [3.8, 4) is 5.75 Å². The molecule has 1 aliphatic heterocycles. The molecule has 182 valence electrons. The van der Waals surface area contributed by atoms with Crippen molar-refractivity contribution in [1.29, 1.82) is 0 Å². The van der Waals surface area contributed by atoms with Crippen molar-refractivity contribution in [3.63, 3.8) is 0 Å². The van der Waals surface area contributed by atoms with Crippen LogP contribution in [-0.4, -0.2) is 65.0 Å². The number of ether oxygens (including phenoxy) is 1. The van der Waals surface area contributed by atoms with Crippen LogP contribution in [0.15, 0.2) is 29.1 Å². The van der Waals surface area contributed by atoms with Gasteiger partial charge in [0.05, 0.1) is 25.3 Å². The SMILES string of the molecule is CCC[NH+]1CC[NH+]([C@H](c2cc3cc(OC)ccc3[nH]c2=O)c2nnnn2C2CCCCC2)CC1. The maximum atomic E-state index is 13.4.